The molecule has 5 nitrogen and oxygen atoms in total. The van der Waals surface area contributed by atoms with Gasteiger partial charge in [0.2, 0.25) is 5.91 Å². The van der Waals surface area contributed by atoms with Crippen LogP contribution < -0.4 is 15.4 Å². The number of amides is 1. The molecule has 1 amide bonds. The summed E-state index contributed by atoms with van der Waals surface area (Å²) < 4.78 is 5.21. The van der Waals surface area contributed by atoms with E-state index in [2.05, 4.69) is 15.6 Å². The highest BCUT2D eigenvalue weighted by atomic mass is 16.5. The van der Waals surface area contributed by atoms with Gasteiger partial charge in [-0.2, -0.15) is 0 Å². The third kappa shape index (κ3) is 3.91. The third-order valence-electron chi connectivity index (χ3n) is 2.54. The molecule has 1 heterocycles. The molecule has 0 bridgehead atoms. The minimum absolute atomic E-state index is 0.0200. The second-order valence-corrected chi connectivity index (χ2v) is 4.18. The molecule has 1 atom stereocenters. The second-order valence-electron chi connectivity index (χ2n) is 4.18. The van der Waals surface area contributed by atoms with E-state index in [0.29, 0.717) is 12.3 Å². The first-order valence-electron chi connectivity index (χ1n) is 6.13. The topological polar surface area (TPSA) is 63.2 Å². The number of nitrogens with zero attached hydrogens (tertiary/aromatic N) is 1. The first-order chi connectivity index (χ1) is 8.58. The van der Waals surface area contributed by atoms with Crippen LogP contribution in [0.25, 0.3) is 0 Å². The van der Waals surface area contributed by atoms with Crippen molar-refractivity contribution in [3.63, 3.8) is 0 Å². The van der Waals surface area contributed by atoms with Crippen LogP contribution in [-0.2, 0) is 4.79 Å². The van der Waals surface area contributed by atoms with E-state index in [1.165, 1.54) is 0 Å². The molecule has 1 rings (SSSR count). The molecule has 18 heavy (non-hydrogen) atoms. The van der Waals surface area contributed by atoms with Crippen LogP contribution in [0.2, 0.25) is 0 Å². The molecule has 0 aromatic carbocycles. The van der Waals surface area contributed by atoms with E-state index in [9.17, 15) is 4.79 Å². The Morgan fingerprint density at radius 3 is 2.89 bits per heavy atom. The summed E-state index contributed by atoms with van der Waals surface area (Å²) in [7, 11) is 1.58. The highest BCUT2D eigenvalue weighted by molar-refractivity contribution is 5.84. The lowest BCUT2D eigenvalue weighted by molar-refractivity contribution is -0.121. The quantitative estimate of drug-likeness (QED) is 0.808. The molecule has 0 saturated carbocycles. The second kappa shape index (κ2) is 6.83. The Morgan fingerprint density at radius 1 is 1.56 bits per heavy atom. The van der Waals surface area contributed by atoms with Crippen LogP contribution in [-0.4, -0.2) is 30.6 Å². The van der Waals surface area contributed by atoms with E-state index in [1.807, 2.05) is 26.8 Å². The lowest BCUT2D eigenvalue weighted by Crippen LogP contribution is -2.37. The van der Waals surface area contributed by atoms with E-state index in [-0.39, 0.29) is 11.9 Å². The van der Waals surface area contributed by atoms with Gasteiger partial charge in [0.25, 0.3) is 0 Å². The maximum Gasteiger partial charge on any atom is 0.242 e. The van der Waals surface area contributed by atoms with Crippen molar-refractivity contribution in [3.8, 4) is 5.75 Å². The number of carbonyl (C=O) groups is 1. The van der Waals surface area contributed by atoms with Gasteiger partial charge in [-0.25, -0.2) is 0 Å². The van der Waals surface area contributed by atoms with E-state index in [0.717, 1.165) is 17.8 Å². The molecule has 0 aliphatic carbocycles. The van der Waals surface area contributed by atoms with E-state index in [4.69, 9.17) is 4.74 Å². The Labute approximate surface area is 108 Å². The van der Waals surface area contributed by atoms with Gasteiger partial charge in [0, 0.05) is 12.2 Å². The molecule has 5 heteroatoms. The van der Waals surface area contributed by atoms with Gasteiger partial charge in [0.15, 0.2) is 5.75 Å². The average molecular weight is 251 g/mol. The lowest BCUT2D eigenvalue weighted by Gasteiger charge is -2.17. The Morgan fingerprint density at radius 2 is 2.28 bits per heavy atom. The van der Waals surface area contributed by atoms with Crippen LogP contribution in [0.1, 0.15) is 26.0 Å². The van der Waals surface area contributed by atoms with Crippen molar-refractivity contribution in [1.82, 2.24) is 10.3 Å². The number of nitrogens with one attached hydrogen (secondary N) is 2. The SMILES string of the molecule is CCCNC(=O)C(C)Nc1cc(C)ncc1OC. The van der Waals surface area contributed by atoms with Crippen molar-refractivity contribution in [2.45, 2.75) is 33.2 Å². The van der Waals surface area contributed by atoms with Gasteiger partial charge in [-0.05, 0) is 26.3 Å². The zero-order chi connectivity index (χ0) is 13.5. The van der Waals surface area contributed by atoms with Gasteiger partial charge < -0.3 is 15.4 Å². The third-order valence-corrected chi connectivity index (χ3v) is 2.54. The van der Waals surface area contributed by atoms with Crippen LogP contribution in [0.15, 0.2) is 12.3 Å². The standard InChI is InChI=1S/C13H21N3O2/c1-5-6-14-13(17)10(3)16-11-7-9(2)15-8-12(11)18-4/h7-8,10H,5-6H2,1-4H3,(H,14,17)(H,15,16). The molecule has 2 N–H and O–H groups in total. The summed E-state index contributed by atoms with van der Waals surface area (Å²) >= 11 is 0. The van der Waals surface area contributed by atoms with Crippen LogP contribution in [0.4, 0.5) is 5.69 Å². The number of ether oxygens (including phenoxy) is 1. The summed E-state index contributed by atoms with van der Waals surface area (Å²) in [4.78, 5) is 15.9. The number of aromatic nitrogens is 1. The molecule has 1 aromatic heterocycles. The smallest absolute Gasteiger partial charge is 0.242 e. The predicted molar refractivity (Wildman–Crippen MR) is 71.9 cm³/mol. The highest BCUT2D eigenvalue weighted by Crippen LogP contribution is 2.24. The van der Waals surface area contributed by atoms with Crippen molar-refractivity contribution in [2.24, 2.45) is 0 Å². The fourth-order valence-corrected chi connectivity index (χ4v) is 1.52. The van der Waals surface area contributed by atoms with Crippen molar-refractivity contribution in [3.05, 3.63) is 18.0 Å². The van der Waals surface area contributed by atoms with Gasteiger partial charge in [0.05, 0.1) is 19.0 Å². The summed E-state index contributed by atoms with van der Waals surface area (Å²) in [6, 6.07) is 1.55. The molecule has 0 spiro atoms. The number of anilines is 1. The zero-order valence-electron chi connectivity index (χ0n) is 11.4. The van der Waals surface area contributed by atoms with Gasteiger partial charge in [-0.1, -0.05) is 6.92 Å². The summed E-state index contributed by atoms with van der Waals surface area (Å²) in [5, 5.41) is 5.98. The first kappa shape index (κ1) is 14.3. The van der Waals surface area contributed by atoms with E-state index in [1.54, 1.807) is 13.3 Å². The van der Waals surface area contributed by atoms with Crippen LogP contribution in [0, 0.1) is 6.92 Å². The number of aryl methyl sites for hydroxylation is 1. The van der Waals surface area contributed by atoms with Crippen molar-refractivity contribution < 1.29 is 9.53 Å². The maximum atomic E-state index is 11.8. The van der Waals surface area contributed by atoms with E-state index >= 15 is 0 Å². The number of carbonyl (C=O) groups excluding carboxylic acids is 1. The summed E-state index contributed by atoms with van der Waals surface area (Å²) in [5.41, 5.74) is 1.66. The van der Waals surface area contributed by atoms with E-state index < -0.39 is 0 Å². The molecule has 100 valence electrons. The lowest BCUT2D eigenvalue weighted by atomic mass is 10.2. The molecule has 0 fully saturated rings. The molecule has 0 radical (unpaired) electrons. The normalized spacial score (nSPS) is 11.8. The Bertz CT molecular complexity index is 407. The summed E-state index contributed by atoms with van der Waals surface area (Å²) in [5.74, 6) is 0.615. The largest absolute Gasteiger partial charge is 0.493 e. The monoisotopic (exact) mass is 251 g/mol. The van der Waals surface area contributed by atoms with Crippen molar-refractivity contribution in [2.75, 3.05) is 19.0 Å². The Hall–Kier alpha value is -1.78. The van der Waals surface area contributed by atoms with Gasteiger partial charge >= 0.3 is 0 Å². The van der Waals surface area contributed by atoms with Gasteiger partial charge in [-0.15, -0.1) is 0 Å². The Kier molecular flexibility index (Phi) is 5.42. The fourth-order valence-electron chi connectivity index (χ4n) is 1.52. The van der Waals surface area contributed by atoms with Gasteiger partial charge in [0.1, 0.15) is 6.04 Å². The zero-order valence-corrected chi connectivity index (χ0v) is 11.4. The summed E-state index contributed by atoms with van der Waals surface area (Å²) in [6.07, 6.45) is 2.57. The molecule has 0 aliphatic heterocycles. The van der Waals surface area contributed by atoms with Crippen LogP contribution in [0.3, 0.4) is 0 Å². The summed E-state index contributed by atoms with van der Waals surface area (Å²) in [6.45, 7) is 6.43. The molecular formula is C13H21N3O2. The molecule has 1 unspecified atom stereocenters. The van der Waals surface area contributed by atoms with Crippen molar-refractivity contribution in [1.29, 1.82) is 0 Å². The molecule has 1 aromatic rings. The number of hydrogen-bond donors (Lipinski definition) is 2. The van der Waals surface area contributed by atoms with Crippen LogP contribution >= 0.6 is 0 Å². The molecule has 0 saturated heterocycles. The Balaban J connectivity index is 2.71. The maximum absolute atomic E-state index is 11.8. The minimum atomic E-state index is -0.313. The number of pyridine rings is 1. The average Bonchev–Trinajstić information content (AvgIpc) is 2.36. The fraction of sp³-hybridized carbons (Fsp3) is 0.538. The van der Waals surface area contributed by atoms with Gasteiger partial charge in [-0.3, -0.25) is 9.78 Å². The number of rotatable bonds is 6. The number of hydrogen-bond acceptors (Lipinski definition) is 4. The molecular weight excluding hydrogens is 230 g/mol. The van der Waals surface area contributed by atoms with Crippen LogP contribution in [0.5, 0.6) is 5.75 Å². The highest BCUT2D eigenvalue weighted by Gasteiger charge is 2.14. The van der Waals surface area contributed by atoms with Crippen molar-refractivity contribution >= 4 is 11.6 Å². The molecule has 0 aliphatic rings. The minimum Gasteiger partial charge on any atom is -0.493 e. The first-order valence-corrected chi connectivity index (χ1v) is 6.13. The predicted octanol–water partition coefficient (Wildman–Crippen LogP) is 1.73. The number of methoxy groups -OCH3 is 1.